The summed E-state index contributed by atoms with van der Waals surface area (Å²) in [5.74, 6) is -0.616. The molecular weight excluding hydrogens is 348 g/mol. The first-order valence-corrected chi connectivity index (χ1v) is 9.76. The molecule has 0 saturated heterocycles. The van der Waals surface area contributed by atoms with Gasteiger partial charge in [-0.25, -0.2) is 8.42 Å². The Labute approximate surface area is 152 Å². The molecule has 6 heteroatoms. The number of benzene rings is 3. The molecule has 1 amide bonds. The quantitative estimate of drug-likeness (QED) is 0.692. The molecule has 4 N–H and O–H groups in total. The Hall–Kier alpha value is -3.12. The molecule has 0 fully saturated rings. The van der Waals surface area contributed by atoms with E-state index in [-0.39, 0.29) is 16.1 Å². The fraction of sp³-hybridized carbons (Fsp3) is 0.0500. The number of hydrogen-bond donors (Lipinski definition) is 2. The molecule has 3 aromatic rings. The molecule has 0 saturated carbocycles. The largest absolute Gasteiger partial charge is 0.398 e. The number of rotatable bonds is 4. The van der Waals surface area contributed by atoms with E-state index in [9.17, 15) is 13.2 Å². The number of hydrogen-bond acceptors (Lipinski definition) is 4. The summed E-state index contributed by atoms with van der Waals surface area (Å²) in [6.45, 7) is 0. The van der Waals surface area contributed by atoms with Crippen molar-refractivity contribution in [2.24, 2.45) is 5.73 Å². The van der Waals surface area contributed by atoms with Gasteiger partial charge in [0.2, 0.25) is 0 Å². The van der Waals surface area contributed by atoms with Crippen LogP contribution < -0.4 is 11.5 Å². The third-order valence-electron chi connectivity index (χ3n) is 4.15. The van der Waals surface area contributed by atoms with Crippen LogP contribution in [0, 0.1) is 0 Å². The van der Waals surface area contributed by atoms with Gasteiger partial charge in [0, 0.05) is 11.8 Å². The molecule has 5 nitrogen and oxygen atoms in total. The number of nitrogens with two attached hydrogens (primary N) is 2. The smallest absolute Gasteiger partial charge is 0.250 e. The number of nitrogen functional groups attached to an aromatic ring is 1. The molecule has 0 aliphatic rings. The minimum absolute atomic E-state index is 0.217. The average molecular weight is 366 g/mol. The number of amides is 1. The van der Waals surface area contributed by atoms with Crippen molar-refractivity contribution in [1.82, 2.24) is 0 Å². The van der Waals surface area contributed by atoms with Crippen molar-refractivity contribution in [3.05, 3.63) is 72.3 Å². The molecule has 0 radical (unpaired) electrons. The van der Waals surface area contributed by atoms with Crippen LogP contribution in [0.3, 0.4) is 0 Å². The van der Waals surface area contributed by atoms with E-state index in [1.807, 2.05) is 36.4 Å². The molecule has 0 atom stereocenters. The lowest BCUT2D eigenvalue weighted by Crippen LogP contribution is -2.14. The van der Waals surface area contributed by atoms with E-state index in [0.717, 1.165) is 17.4 Å². The van der Waals surface area contributed by atoms with Crippen molar-refractivity contribution in [2.75, 3.05) is 12.0 Å². The predicted octanol–water partition coefficient (Wildman–Crippen LogP) is 3.11. The van der Waals surface area contributed by atoms with E-state index in [2.05, 4.69) is 0 Å². The third-order valence-corrected chi connectivity index (χ3v) is 5.27. The lowest BCUT2D eigenvalue weighted by atomic mass is 9.94. The second-order valence-corrected chi connectivity index (χ2v) is 8.03. The third kappa shape index (κ3) is 3.45. The molecule has 3 rings (SSSR count). The lowest BCUT2D eigenvalue weighted by molar-refractivity contribution is 0.100. The minimum Gasteiger partial charge on any atom is -0.398 e. The zero-order valence-electron chi connectivity index (χ0n) is 14.1. The van der Waals surface area contributed by atoms with E-state index in [1.165, 1.54) is 12.1 Å². The fourth-order valence-corrected chi connectivity index (χ4v) is 3.41. The van der Waals surface area contributed by atoms with Gasteiger partial charge < -0.3 is 11.5 Å². The highest BCUT2D eigenvalue weighted by Gasteiger charge is 2.15. The molecule has 0 aliphatic heterocycles. The Morgan fingerprint density at radius 1 is 0.846 bits per heavy atom. The highest BCUT2D eigenvalue weighted by molar-refractivity contribution is 7.90. The maximum atomic E-state index is 11.8. The molecule has 0 heterocycles. The minimum atomic E-state index is -3.29. The summed E-state index contributed by atoms with van der Waals surface area (Å²) in [5, 5.41) is 0. The van der Waals surface area contributed by atoms with Gasteiger partial charge in [0.25, 0.3) is 5.91 Å². The van der Waals surface area contributed by atoms with Crippen molar-refractivity contribution < 1.29 is 13.2 Å². The number of primary amides is 1. The van der Waals surface area contributed by atoms with E-state index >= 15 is 0 Å². The first-order chi connectivity index (χ1) is 12.3. The number of carbonyl (C=O) groups excluding carboxylic acids is 1. The Bertz CT molecular complexity index is 1070. The van der Waals surface area contributed by atoms with Crippen molar-refractivity contribution >= 4 is 21.4 Å². The van der Waals surface area contributed by atoms with Crippen LogP contribution in [-0.2, 0) is 9.84 Å². The van der Waals surface area contributed by atoms with E-state index in [1.54, 1.807) is 18.2 Å². The monoisotopic (exact) mass is 366 g/mol. The topological polar surface area (TPSA) is 103 Å². The highest BCUT2D eigenvalue weighted by atomic mass is 32.2. The molecule has 0 bridgehead atoms. The summed E-state index contributed by atoms with van der Waals surface area (Å²) in [6, 6.07) is 19.5. The van der Waals surface area contributed by atoms with E-state index < -0.39 is 15.7 Å². The number of sulfone groups is 1. The Morgan fingerprint density at radius 3 is 2.00 bits per heavy atom. The molecule has 0 aliphatic carbocycles. The molecule has 26 heavy (non-hydrogen) atoms. The van der Waals surface area contributed by atoms with Gasteiger partial charge in [-0.05, 0) is 41.0 Å². The van der Waals surface area contributed by atoms with Crippen LogP contribution in [0.25, 0.3) is 22.3 Å². The maximum Gasteiger partial charge on any atom is 0.250 e. The predicted molar refractivity (Wildman–Crippen MR) is 103 cm³/mol. The van der Waals surface area contributed by atoms with Gasteiger partial charge in [-0.2, -0.15) is 0 Å². The van der Waals surface area contributed by atoms with Crippen molar-refractivity contribution in [3.8, 4) is 22.3 Å². The molecular formula is C20H18N2O3S. The van der Waals surface area contributed by atoms with Gasteiger partial charge in [0.15, 0.2) is 9.84 Å². The van der Waals surface area contributed by atoms with Crippen LogP contribution in [0.4, 0.5) is 5.69 Å². The fourth-order valence-electron chi connectivity index (χ4n) is 2.77. The SMILES string of the molecule is CS(=O)(=O)c1ccc(-c2cc(-c3ccccc3)cc(C(N)=O)c2N)cc1. The standard InChI is InChI=1S/C20H18N2O3S/c1-26(24,25)16-9-7-14(8-10-16)17-11-15(13-5-3-2-4-6-13)12-18(19(17)21)20(22)23/h2-12H,21H2,1H3,(H2,22,23). The molecule has 0 aromatic heterocycles. The maximum absolute atomic E-state index is 11.8. The molecule has 3 aromatic carbocycles. The van der Waals surface area contributed by atoms with Crippen molar-refractivity contribution in [1.29, 1.82) is 0 Å². The Morgan fingerprint density at radius 2 is 1.46 bits per heavy atom. The molecule has 132 valence electrons. The first kappa shape index (κ1) is 17.7. The van der Waals surface area contributed by atoms with Crippen LogP contribution in [0.1, 0.15) is 10.4 Å². The van der Waals surface area contributed by atoms with Gasteiger partial charge in [-0.3, -0.25) is 4.79 Å². The van der Waals surface area contributed by atoms with Gasteiger partial charge >= 0.3 is 0 Å². The Balaban J connectivity index is 2.20. The highest BCUT2D eigenvalue weighted by Crippen LogP contribution is 2.34. The second kappa shape index (κ2) is 6.65. The molecule has 0 unspecified atom stereocenters. The first-order valence-electron chi connectivity index (χ1n) is 7.86. The van der Waals surface area contributed by atoms with Crippen LogP contribution in [0.5, 0.6) is 0 Å². The van der Waals surface area contributed by atoms with Gasteiger partial charge in [0.1, 0.15) is 0 Å². The Kier molecular flexibility index (Phi) is 4.52. The van der Waals surface area contributed by atoms with Crippen molar-refractivity contribution in [3.63, 3.8) is 0 Å². The summed E-state index contributed by atoms with van der Waals surface area (Å²) in [7, 11) is -3.29. The zero-order valence-corrected chi connectivity index (χ0v) is 15.0. The summed E-state index contributed by atoms with van der Waals surface area (Å²) < 4.78 is 23.3. The second-order valence-electron chi connectivity index (χ2n) is 6.01. The summed E-state index contributed by atoms with van der Waals surface area (Å²) in [6.07, 6.45) is 1.15. The summed E-state index contributed by atoms with van der Waals surface area (Å²) >= 11 is 0. The normalized spacial score (nSPS) is 11.3. The lowest BCUT2D eigenvalue weighted by Gasteiger charge is -2.13. The van der Waals surface area contributed by atoms with Crippen molar-refractivity contribution in [2.45, 2.75) is 4.90 Å². The van der Waals surface area contributed by atoms with Crippen LogP contribution in [0.15, 0.2) is 71.6 Å². The van der Waals surface area contributed by atoms with Crippen LogP contribution >= 0.6 is 0 Å². The zero-order chi connectivity index (χ0) is 18.9. The average Bonchev–Trinajstić information content (AvgIpc) is 2.62. The van der Waals surface area contributed by atoms with Crippen LogP contribution in [0.2, 0.25) is 0 Å². The number of anilines is 1. The van der Waals surface area contributed by atoms with Gasteiger partial charge in [0.05, 0.1) is 16.1 Å². The van der Waals surface area contributed by atoms with E-state index in [0.29, 0.717) is 11.1 Å². The molecule has 0 spiro atoms. The van der Waals surface area contributed by atoms with E-state index in [4.69, 9.17) is 11.5 Å². The number of carbonyl (C=O) groups is 1. The van der Waals surface area contributed by atoms with Crippen LogP contribution in [-0.4, -0.2) is 20.6 Å². The van der Waals surface area contributed by atoms with Gasteiger partial charge in [-0.1, -0.05) is 42.5 Å². The summed E-state index contributed by atoms with van der Waals surface area (Å²) in [4.78, 5) is 12.1. The summed E-state index contributed by atoms with van der Waals surface area (Å²) in [5.41, 5.74) is 15.2. The van der Waals surface area contributed by atoms with Gasteiger partial charge in [-0.15, -0.1) is 0 Å².